The molecule has 0 spiro atoms. The van der Waals surface area contributed by atoms with Gasteiger partial charge in [0.1, 0.15) is 16.7 Å². The van der Waals surface area contributed by atoms with Gasteiger partial charge in [-0.05, 0) is 29.7 Å². The lowest BCUT2D eigenvalue weighted by Gasteiger charge is -1.99. The molecule has 3 aromatic heterocycles. The van der Waals surface area contributed by atoms with Crippen LogP contribution in [0.5, 0.6) is 0 Å². The monoisotopic (exact) mass is 362 g/mol. The highest BCUT2D eigenvalue weighted by atomic mass is 32.1. The molecule has 0 aliphatic heterocycles. The average molecular weight is 362 g/mol. The number of aromatic nitrogens is 1. The molecule has 6 heteroatoms. The van der Waals surface area contributed by atoms with Crippen LogP contribution in [0, 0.1) is 11.3 Å². The molecule has 0 saturated carbocycles. The molecule has 0 atom stereocenters. The molecule has 4 aromatic rings. The SMILES string of the molecule is N#C/C(=C\c1cccs1)c1nc(-c2cc3ccccc3oc2=O)cs1. The minimum atomic E-state index is -0.434. The molecular formula is C19H10N2O2S2. The number of hydrogen-bond acceptors (Lipinski definition) is 6. The van der Waals surface area contributed by atoms with Gasteiger partial charge in [0.2, 0.25) is 0 Å². The van der Waals surface area contributed by atoms with Gasteiger partial charge in [0.05, 0.1) is 16.8 Å². The van der Waals surface area contributed by atoms with E-state index >= 15 is 0 Å². The zero-order valence-corrected chi connectivity index (χ0v) is 14.4. The molecule has 0 amide bonds. The zero-order chi connectivity index (χ0) is 17.2. The van der Waals surface area contributed by atoms with Crippen LogP contribution >= 0.6 is 22.7 Å². The van der Waals surface area contributed by atoms with Gasteiger partial charge in [0.25, 0.3) is 0 Å². The van der Waals surface area contributed by atoms with E-state index in [-0.39, 0.29) is 0 Å². The Hall–Kier alpha value is -3.01. The first-order valence-electron chi connectivity index (χ1n) is 7.39. The molecule has 0 unspecified atom stereocenters. The molecule has 1 aromatic carbocycles. The van der Waals surface area contributed by atoms with Gasteiger partial charge in [-0.25, -0.2) is 9.78 Å². The molecule has 0 saturated heterocycles. The van der Waals surface area contributed by atoms with Crippen molar-refractivity contribution in [3.05, 3.63) is 73.5 Å². The van der Waals surface area contributed by atoms with E-state index in [0.29, 0.717) is 27.4 Å². The Kier molecular flexibility index (Phi) is 4.02. The van der Waals surface area contributed by atoms with Crippen molar-refractivity contribution in [3.63, 3.8) is 0 Å². The standard InChI is InChI=1S/C19H10N2O2S2/c20-10-13(8-14-5-3-7-24-14)18-21-16(11-25-18)15-9-12-4-1-2-6-17(12)23-19(15)22/h1-9,11H/b13-8+. The number of allylic oxidation sites excluding steroid dienone is 1. The van der Waals surface area contributed by atoms with Crippen LogP contribution in [-0.2, 0) is 0 Å². The number of hydrogen-bond donors (Lipinski definition) is 0. The summed E-state index contributed by atoms with van der Waals surface area (Å²) >= 11 is 2.89. The second kappa shape index (κ2) is 6.48. The first-order chi connectivity index (χ1) is 12.2. The van der Waals surface area contributed by atoms with Crippen molar-refractivity contribution in [2.45, 2.75) is 0 Å². The van der Waals surface area contributed by atoms with Crippen LogP contribution in [0.2, 0.25) is 0 Å². The second-order valence-electron chi connectivity index (χ2n) is 5.21. The van der Waals surface area contributed by atoms with Gasteiger partial charge in [0.15, 0.2) is 0 Å². The third kappa shape index (κ3) is 3.03. The summed E-state index contributed by atoms with van der Waals surface area (Å²) in [7, 11) is 0. The van der Waals surface area contributed by atoms with Gasteiger partial charge in [-0.15, -0.1) is 22.7 Å². The van der Waals surface area contributed by atoms with Crippen LogP contribution in [0.1, 0.15) is 9.88 Å². The van der Waals surface area contributed by atoms with Crippen molar-refractivity contribution in [3.8, 4) is 17.3 Å². The van der Waals surface area contributed by atoms with Crippen molar-refractivity contribution in [1.29, 1.82) is 5.26 Å². The zero-order valence-electron chi connectivity index (χ0n) is 12.8. The van der Waals surface area contributed by atoms with Gasteiger partial charge in [-0.2, -0.15) is 5.26 Å². The summed E-state index contributed by atoms with van der Waals surface area (Å²) in [5.41, 5.74) is 1.50. The Morgan fingerprint density at radius 3 is 2.88 bits per heavy atom. The van der Waals surface area contributed by atoms with Crippen molar-refractivity contribution >= 4 is 45.3 Å². The molecular weight excluding hydrogens is 352 g/mol. The minimum Gasteiger partial charge on any atom is -0.422 e. The van der Waals surface area contributed by atoms with E-state index in [0.717, 1.165) is 10.3 Å². The fourth-order valence-corrected chi connectivity index (χ4v) is 3.86. The maximum atomic E-state index is 12.3. The molecule has 0 bridgehead atoms. The predicted octanol–water partition coefficient (Wildman–Crippen LogP) is 5.04. The van der Waals surface area contributed by atoms with Gasteiger partial charge < -0.3 is 4.42 Å². The van der Waals surface area contributed by atoms with Gasteiger partial charge in [0, 0.05) is 15.6 Å². The smallest absolute Gasteiger partial charge is 0.345 e. The van der Waals surface area contributed by atoms with E-state index in [1.54, 1.807) is 34.9 Å². The predicted molar refractivity (Wildman–Crippen MR) is 101 cm³/mol. The van der Waals surface area contributed by atoms with Crippen LogP contribution < -0.4 is 5.63 Å². The van der Waals surface area contributed by atoms with Crippen LogP contribution in [-0.4, -0.2) is 4.98 Å². The fourth-order valence-electron chi connectivity index (χ4n) is 2.42. The number of nitriles is 1. The summed E-state index contributed by atoms with van der Waals surface area (Å²) in [6.45, 7) is 0. The van der Waals surface area contributed by atoms with E-state index in [9.17, 15) is 10.1 Å². The van der Waals surface area contributed by atoms with E-state index in [1.807, 2.05) is 35.7 Å². The van der Waals surface area contributed by atoms with Crippen LogP contribution in [0.4, 0.5) is 0 Å². The molecule has 4 rings (SSSR count). The van der Waals surface area contributed by atoms with E-state index in [2.05, 4.69) is 11.1 Å². The normalized spacial score (nSPS) is 11.6. The van der Waals surface area contributed by atoms with Gasteiger partial charge in [-0.3, -0.25) is 0 Å². The number of fused-ring (bicyclic) bond motifs is 1. The third-order valence-corrected chi connectivity index (χ3v) is 5.30. The Morgan fingerprint density at radius 2 is 2.08 bits per heavy atom. The van der Waals surface area contributed by atoms with Crippen molar-refractivity contribution in [2.75, 3.05) is 0 Å². The summed E-state index contributed by atoms with van der Waals surface area (Å²) < 4.78 is 5.36. The lowest BCUT2D eigenvalue weighted by Crippen LogP contribution is -2.02. The number of para-hydroxylation sites is 1. The molecule has 0 aliphatic rings. The van der Waals surface area contributed by atoms with E-state index in [1.165, 1.54) is 11.3 Å². The third-order valence-electron chi connectivity index (χ3n) is 3.60. The van der Waals surface area contributed by atoms with Crippen molar-refractivity contribution < 1.29 is 4.42 Å². The number of benzene rings is 1. The first-order valence-corrected chi connectivity index (χ1v) is 9.15. The Bertz CT molecular complexity index is 1180. The fraction of sp³-hybridized carbons (Fsp3) is 0. The lowest BCUT2D eigenvalue weighted by atomic mass is 10.1. The maximum absolute atomic E-state index is 12.3. The Balaban J connectivity index is 1.78. The van der Waals surface area contributed by atoms with Crippen molar-refractivity contribution in [1.82, 2.24) is 4.98 Å². The van der Waals surface area contributed by atoms with E-state index in [4.69, 9.17) is 4.42 Å². The average Bonchev–Trinajstić information content (AvgIpc) is 3.31. The molecule has 4 nitrogen and oxygen atoms in total. The molecule has 120 valence electrons. The van der Waals surface area contributed by atoms with Gasteiger partial charge in [-0.1, -0.05) is 24.3 Å². The quantitative estimate of drug-likeness (QED) is 0.378. The number of nitrogens with zero attached hydrogens (tertiary/aromatic N) is 2. The van der Waals surface area contributed by atoms with E-state index < -0.39 is 5.63 Å². The summed E-state index contributed by atoms with van der Waals surface area (Å²) in [6.07, 6.45) is 1.80. The molecule has 0 N–H and O–H groups in total. The first kappa shape index (κ1) is 15.5. The highest BCUT2D eigenvalue weighted by Gasteiger charge is 2.13. The number of thiazole rings is 1. The Morgan fingerprint density at radius 1 is 1.20 bits per heavy atom. The summed E-state index contributed by atoms with van der Waals surface area (Å²) in [5.74, 6) is 0. The number of rotatable bonds is 3. The number of thiophene rings is 1. The topological polar surface area (TPSA) is 66.9 Å². The van der Waals surface area contributed by atoms with Gasteiger partial charge >= 0.3 is 5.63 Å². The second-order valence-corrected chi connectivity index (χ2v) is 7.05. The van der Waals surface area contributed by atoms with Crippen LogP contribution in [0.25, 0.3) is 33.9 Å². The highest BCUT2D eigenvalue weighted by Crippen LogP contribution is 2.28. The maximum Gasteiger partial charge on any atom is 0.345 e. The summed E-state index contributed by atoms with van der Waals surface area (Å²) in [6, 6.07) is 15.2. The highest BCUT2D eigenvalue weighted by molar-refractivity contribution is 7.12. The van der Waals surface area contributed by atoms with Crippen molar-refractivity contribution in [2.24, 2.45) is 0 Å². The van der Waals surface area contributed by atoms with Crippen LogP contribution in [0.15, 0.2) is 62.4 Å². The Labute approximate surface area is 150 Å². The molecule has 0 radical (unpaired) electrons. The largest absolute Gasteiger partial charge is 0.422 e. The van der Waals surface area contributed by atoms with Crippen LogP contribution in [0.3, 0.4) is 0 Å². The molecule has 0 fully saturated rings. The summed E-state index contributed by atoms with van der Waals surface area (Å²) in [4.78, 5) is 17.7. The lowest BCUT2D eigenvalue weighted by molar-refractivity contribution is 0.563. The minimum absolute atomic E-state index is 0.398. The summed E-state index contributed by atoms with van der Waals surface area (Å²) in [5, 5.41) is 14.6. The molecule has 0 aliphatic carbocycles. The molecule has 3 heterocycles. The molecule has 25 heavy (non-hydrogen) atoms.